The first kappa shape index (κ1) is 52.3. The number of phenolic OH excluding ortho intramolecular Hbond substituents is 1. The number of benzene rings is 4. The predicted molar refractivity (Wildman–Crippen MR) is 232 cm³/mol. The average molecular weight is 879 g/mol. The van der Waals surface area contributed by atoms with Crippen molar-refractivity contribution in [3.8, 4) is 34.5 Å². The molecule has 0 aliphatic carbocycles. The van der Waals surface area contributed by atoms with Crippen LogP contribution in [0.1, 0.15) is 141 Å². The molecule has 0 heterocycles. The molecular formula is C46H62CaO10S2. The maximum Gasteiger partial charge on any atom is 2.00 e. The number of ether oxygens (including phenoxy) is 2. The molecule has 2 N–H and O–H groups in total. The molecule has 0 atom stereocenters. The van der Waals surface area contributed by atoms with Gasteiger partial charge in [0.05, 0.1) is 9.79 Å². The minimum atomic E-state index is -4.56. The fourth-order valence-corrected chi connectivity index (χ4v) is 7.68. The van der Waals surface area contributed by atoms with Crippen molar-refractivity contribution in [2.45, 2.75) is 152 Å². The van der Waals surface area contributed by atoms with Gasteiger partial charge >= 0.3 is 37.7 Å². The number of aromatic hydroxyl groups is 1. The van der Waals surface area contributed by atoms with Gasteiger partial charge in [0.2, 0.25) is 0 Å². The zero-order valence-corrected chi connectivity index (χ0v) is 38.8. The third-order valence-corrected chi connectivity index (χ3v) is 11.6. The Morgan fingerprint density at radius 2 is 0.915 bits per heavy atom. The second kappa shape index (κ2) is 28.6. The Bertz CT molecular complexity index is 1870. The molecule has 0 aliphatic heterocycles. The van der Waals surface area contributed by atoms with E-state index in [0.29, 0.717) is 41.2 Å². The van der Waals surface area contributed by atoms with Crippen molar-refractivity contribution in [3.63, 3.8) is 0 Å². The van der Waals surface area contributed by atoms with Gasteiger partial charge in [0.25, 0.3) is 10.1 Å². The first-order valence-corrected chi connectivity index (χ1v) is 23.8. The van der Waals surface area contributed by atoms with Crippen LogP contribution in [0.15, 0.2) is 94.7 Å². The number of unbranched alkanes of at least 4 members (excludes halogenated alkanes) is 16. The molecule has 59 heavy (non-hydrogen) atoms. The van der Waals surface area contributed by atoms with E-state index in [0.717, 1.165) is 32.1 Å². The monoisotopic (exact) mass is 878 g/mol. The van der Waals surface area contributed by atoms with E-state index in [4.69, 9.17) is 9.47 Å². The summed E-state index contributed by atoms with van der Waals surface area (Å²) < 4.78 is 77.0. The second-order valence-corrected chi connectivity index (χ2v) is 17.5. The van der Waals surface area contributed by atoms with E-state index < -0.39 is 20.2 Å². The molecule has 4 aromatic carbocycles. The van der Waals surface area contributed by atoms with Crippen molar-refractivity contribution in [2.24, 2.45) is 0 Å². The molecule has 0 saturated carbocycles. The normalized spacial score (nSPS) is 11.3. The van der Waals surface area contributed by atoms with Gasteiger partial charge in [-0.25, -0.2) is 8.42 Å². The Morgan fingerprint density at radius 1 is 0.525 bits per heavy atom. The Kier molecular flexibility index (Phi) is 25.4. The maximum absolute atomic E-state index is 12.3. The van der Waals surface area contributed by atoms with Crippen LogP contribution in [-0.2, 0) is 33.1 Å². The van der Waals surface area contributed by atoms with Crippen LogP contribution in [0.3, 0.4) is 0 Å². The van der Waals surface area contributed by atoms with Crippen LogP contribution in [0.4, 0.5) is 0 Å². The molecule has 4 rings (SSSR count). The van der Waals surface area contributed by atoms with Gasteiger partial charge in [-0.3, -0.25) is 4.55 Å². The zero-order chi connectivity index (χ0) is 42.2. The minimum absolute atomic E-state index is 0. The van der Waals surface area contributed by atoms with E-state index in [-0.39, 0.29) is 64.8 Å². The Morgan fingerprint density at radius 3 is 1.39 bits per heavy atom. The summed E-state index contributed by atoms with van der Waals surface area (Å²) in [5.41, 5.74) is 1.30. The molecule has 13 heteroatoms. The molecule has 0 amide bonds. The third-order valence-electron chi connectivity index (χ3n) is 9.91. The smallest absolute Gasteiger partial charge is 0.872 e. The van der Waals surface area contributed by atoms with Gasteiger partial charge in [-0.2, -0.15) is 8.42 Å². The summed E-state index contributed by atoms with van der Waals surface area (Å²) >= 11 is 0. The van der Waals surface area contributed by atoms with E-state index in [1.807, 2.05) is 0 Å². The van der Waals surface area contributed by atoms with Crippen LogP contribution in [0, 0.1) is 0 Å². The van der Waals surface area contributed by atoms with Gasteiger partial charge in [-0.05, 0) is 79.8 Å². The SMILES string of the molecule is CCCCCCCCCCCc1c(O)cccc1Oc1cccc(S(=O)(=O)O)c1.CCCCCCCCCCCc1c([O-])cccc1Oc1cccc(S(=O)(=O)[O-])c1.[Ca+2]. The largest absolute Gasteiger partial charge is 2.00 e. The Labute approximate surface area is 383 Å². The zero-order valence-electron chi connectivity index (χ0n) is 34.9. The molecule has 10 nitrogen and oxygen atoms in total. The summed E-state index contributed by atoms with van der Waals surface area (Å²) in [5.74, 6) is 1.51. The summed E-state index contributed by atoms with van der Waals surface area (Å²) in [6, 6.07) is 21.0. The van der Waals surface area contributed by atoms with E-state index >= 15 is 0 Å². The molecule has 0 fully saturated rings. The number of phenols is 1. The fourth-order valence-electron chi connectivity index (χ4n) is 6.66. The quantitative estimate of drug-likeness (QED) is 0.0351. The molecule has 0 saturated heterocycles. The van der Waals surface area contributed by atoms with Crippen LogP contribution in [0.5, 0.6) is 34.5 Å². The maximum atomic E-state index is 12.3. The Balaban J connectivity index is 0.000000400. The molecule has 0 spiro atoms. The summed E-state index contributed by atoms with van der Waals surface area (Å²) in [4.78, 5) is -0.579. The van der Waals surface area contributed by atoms with Crippen molar-refractivity contribution < 1.29 is 45.6 Å². The van der Waals surface area contributed by atoms with Crippen molar-refractivity contribution in [3.05, 3.63) is 96.1 Å². The van der Waals surface area contributed by atoms with Crippen LogP contribution in [0.25, 0.3) is 0 Å². The van der Waals surface area contributed by atoms with Crippen molar-refractivity contribution in [1.29, 1.82) is 0 Å². The summed E-state index contributed by atoms with van der Waals surface area (Å²) in [5, 5.41) is 22.6. The first-order valence-electron chi connectivity index (χ1n) is 20.9. The Hall–Kier alpha value is -2.84. The average Bonchev–Trinajstić information content (AvgIpc) is 3.18. The number of hydrogen-bond donors (Lipinski definition) is 2. The van der Waals surface area contributed by atoms with E-state index in [9.17, 15) is 36.2 Å². The van der Waals surface area contributed by atoms with Crippen molar-refractivity contribution in [1.82, 2.24) is 0 Å². The summed E-state index contributed by atoms with van der Waals surface area (Å²) in [7, 11) is -8.85. The second-order valence-electron chi connectivity index (χ2n) is 14.7. The van der Waals surface area contributed by atoms with Crippen LogP contribution in [0.2, 0.25) is 0 Å². The van der Waals surface area contributed by atoms with Gasteiger partial charge < -0.3 is 24.2 Å². The van der Waals surface area contributed by atoms with Gasteiger partial charge in [-0.1, -0.05) is 147 Å². The van der Waals surface area contributed by atoms with Gasteiger partial charge in [-0.15, -0.1) is 5.75 Å². The van der Waals surface area contributed by atoms with Gasteiger partial charge in [0.1, 0.15) is 38.9 Å². The molecule has 0 radical (unpaired) electrons. The summed E-state index contributed by atoms with van der Waals surface area (Å²) in [6.45, 7) is 4.44. The molecule has 0 aromatic heterocycles. The summed E-state index contributed by atoms with van der Waals surface area (Å²) in [6.07, 6.45) is 23.1. The molecule has 320 valence electrons. The van der Waals surface area contributed by atoms with Crippen LogP contribution in [-0.4, -0.2) is 68.8 Å². The molecule has 0 bridgehead atoms. The number of hydrogen-bond acceptors (Lipinski definition) is 9. The molecule has 0 unspecified atom stereocenters. The molecular weight excluding hydrogens is 817 g/mol. The van der Waals surface area contributed by atoms with Crippen molar-refractivity contribution >= 4 is 58.0 Å². The van der Waals surface area contributed by atoms with Crippen LogP contribution < -0.4 is 14.6 Å². The number of rotatable bonds is 26. The fraction of sp³-hybridized carbons (Fsp3) is 0.478. The first-order chi connectivity index (χ1) is 27.8. The third kappa shape index (κ3) is 20.5. The van der Waals surface area contributed by atoms with E-state index in [1.165, 1.54) is 126 Å². The van der Waals surface area contributed by atoms with E-state index in [2.05, 4.69) is 13.8 Å². The van der Waals surface area contributed by atoms with Crippen LogP contribution >= 0.6 is 0 Å². The predicted octanol–water partition coefficient (Wildman–Crippen LogP) is 11.7. The van der Waals surface area contributed by atoms with Crippen molar-refractivity contribution in [2.75, 3.05) is 0 Å². The molecule has 4 aromatic rings. The van der Waals surface area contributed by atoms with Gasteiger partial charge in [0, 0.05) is 11.6 Å². The molecule has 0 aliphatic rings. The van der Waals surface area contributed by atoms with E-state index in [1.54, 1.807) is 42.5 Å². The standard InChI is InChI=1S/2C23H32O5S.Ca/c2*1-2-3-4-5-6-7-8-9-10-15-21-22(24)16-12-17-23(21)28-19-13-11-14-20(18-19)29(25,26)27;/h2*11-14,16-18,24H,2-10,15H2,1H3,(H,25,26,27);/q;;+2/p-2. The minimum Gasteiger partial charge on any atom is -0.872 e. The topological polar surface area (TPSA) is 173 Å². The van der Waals surface area contributed by atoms with Gasteiger partial charge in [0.15, 0.2) is 0 Å².